The summed E-state index contributed by atoms with van der Waals surface area (Å²) in [6.45, 7) is 6.68. The van der Waals surface area contributed by atoms with E-state index in [0.717, 1.165) is 32.4 Å². The van der Waals surface area contributed by atoms with Crippen LogP contribution in [0.2, 0.25) is 0 Å². The lowest BCUT2D eigenvalue weighted by atomic mass is 9.43. The Labute approximate surface area is 184 Å². The SMILES string of the molecule is CCN1C[C@]2(C)CC[C@H](OC)[C@@]34C1[C@@]1(OCO[C@@]15C[C@H](OC)[C@H]1C[C@@H]3[C@@H]5[C@H]1O)[C@@H](O)[C@H]24. The van der Waals surface area contributed by atoms with Gasteiger partial charge in [-0.3, -0.25) is 4.90 Å². The van der Waals surface area contributed by atoms with Crippen LogP contribution in [0, 0.1) is 34.5 Å². The largest absolute Gasteiger partial charge is 0.392 e. The van der Waals surface area contributed by atoms with E-state index < -0.39 is 23.4 Å². The minimum absolute atomic E-state index is 0.0000689. The first kappa shape index (κ1) is 20.1. The van der Waals surface area contributed by atoms with Gasteiger partial charge in [-0.25, -0.2) is 0 Å². The minimum atomic E-state index is -0.846. The van der Waals surface area contributed by atoms with Gasteiger partial charge in [-0.15, -0.1) is 0 Å². The van der Waals surface area contributed by atoms with E-state index in [9.17, 15) is 10.2 Å². The zero-order chi connectivity index (χ0) is 21.6. The fourth-order valence-corrected chi connectivity index (χ4v) is 11.2. The maximum absolute atomic E-state index is 12.3. The Morgan fingerprint density at radius 3 is 2.68 bits per heavy atom. The lowest BCUT2D eigenvalue weighted by Gasteiger charge is -2.69. The first-order valence-corrected chi connectivity index (χ1v) is 12.3. The second-order valence-electron chi connectivity index (χ2n) is 11.9. The summed E-state index contributed by atoms with van der Waals surface area (Å²) < 4.78 is 25.5. The summed E-state index contributed by atoms with van der Waals surface area (Å²) in [7, 11) is 3.59. The summed E-state index contributed by atoms with van der Waals surface area (Å²) in [5.41, 5.74) is -1.80. The van der Waals surface area contributed by atoms with E-state index in [-0.39, 0.29) is 59.5 Å². The summed E-state index contributed by atoms with van der Waals surface area (Å²) in [6, 6.07) is 0.0358. The Kier molecular flexibility index (Phi) is 3.80. The highest BCUT2D eigenvalue weighted by atomic mass is 16.7. The number of likely N-dealkylation sites (tertiary alicyclic amines) is 1. The summed E-state index contributed by atoms with van der Waals surface area (Å²) in [5, 5.41) is 24.0. The molecule has 7 aliphatic rings. The van der Waals surface area contributed by atoms with Gasteiger partial charge in [0.1, 0.15) is 18.0 Å². The summed E-state index contributed by atoms with van der Waals surface area (Å²) in [4.78, 5) is 2.59. The Morgan fingerprint density at radius 2 is 1.97 bits per heavy atom. The van der Waals surface area contributed by atoms with Gasteiger partial charge in [-0.1, -0.05) is 13.8 Å². The van der Waals surface area contributed by atoms with Crippen molar-refractivity contribution < 1.29 is 29.2 Å². The van der Waals surface area contributed by atoms with Crippen molar-refractivity contribution in [3.63, 3.8) is 0 Å². The van der Waals surface area contributed by atoms with Crippen LogP contribution in [-0.2, 0) is 18.9 Å². The highest BCUT2D eigenvalue weighted by molar-refractivity contribution is 5.42. The molecular formula is C24H37NO6. The molecule has 13 atom stereocenters. The predicted octanol–water partition coefficient (Wildman–Crippen LogP) is 1.01. The van der Waals surface area contributed by atoms with E-state index in [1.807, 2.05) is 7.11 Å². The van der Waals surface area contributed by atoms with Gasteiger partial charge in [0.2, 0.25) is 0 Å². The number of aliphatic hydroxyl groups excluding tert-OH is 2. The van der Waals surface area contributed by atoms with Crippen LogP contribution in [0.4, 0.5) is 0 Å². The number of piperidine rings is 1. The summed E-state index contributed by atoms with van der Waals surface area (Å²) >= 11 is 0. The molecule has 0 aromatic carbocycles. The molecule has 0 aromatic heterocycles. The van der Waals surface area contributed by atoms with Crippen molar-refractivity contribution in [2.45, 2.75) is 81.2 Å². The van der Waals surface area contributed by atoms with Crippen molar-refractivity contribution in [3.8, 4) is 0 Å². The normalized spacial score (nSPS) is 65.8. The number of ether oxygens (including phenoxy) is 4. The number of likely N-dealkylation sites (N-methyl/N-ethyl adjacent to an activating group) is 1. The highest BCUT2D eigenvalue weighted by Gasteiger charge is 2.93. The third-order valence-corrected chi connectivity index (χ3v) is 11.6. The molecule has 2 heterocycles. The number of methoxy groups -OCH3 is 2. The third-order valence-electron chi connectivity index (χ3n) is 11.6. The molecule has 3 spiro atoms. The zero-order valence-electron chi connectivity index (χ0n) is 19.1. The molecule has 7 bridgehead atoms. The van der Waals surface area contributed by atoms with Gasteiger partial charge in [-0.05, 0) is 37.1 Å². The molecule has 7 fully saturated rings. The van der Waals surface area contributed by atoms with Crippen LogP contribution < -0.4 is 0 Å². The topological polar surface area (TPSA) is 80.6 Å². The lowest BCUT2D eigenvalue weighted by Crippen LogP contribution is -2.80. The van der Waals surface area contributed by atoms with E-state index in [2.05, 4.69) is 18.7 Å². The average Bonchev–Trinajstić information content (AvgIpc) is 3.30. The maximum atomic E-state index is 12.3. The molecule has 0 aromatic rings. The smallest absolute Gasteiger partial charge is 0.148 e. The number of fused-ring (bicyclic) bond motifs is 1. The second kappa shape index (κ2) is 5.85. The maximum Gasteiger partial charge on any atom is 0.148 e. The molecular weight excluding hydrogens is 398 g/mol. The quantitative estimate of drug-likeness (QED) is 0.685. The van der Waals surface area contributed by atoms with E-state index in [4.69, 9.17) is 18.9 Å². The molecule has 0 amide bonds. The molecule has 7 nitrogen and oxygen atoms in total. The number of aliphatic hydroxyl groups is 2. The van der Waals surface area contributed by atoms with Gasteiger partial charge in [0.25, 0.3) is 0 Å². The van der Waals surface area contributed by atoms with Crippen molar-refractivity contribution in [3.05, 3.63) is 0 Å². The van der Waals surface area contributed by atoms with Gasteiger partial charge >= 0.3 is 0 Å². The summed E-state index contributed by atoms with van der Waals surface area (Å²) in [5.74, 6) is 0.388. The molecule has 0 radical (unpaired) electrons. The fraction of sp³-hybridized carbons (Fsp3) is 1.00. The molecule has 2 N–H and O–H groups in total. The Balaban J connectivity index is 1.57. The minimum Gasteiger partial charge on any atom is -0.392 e. The van der Waals surface area contributed by atoms with Crippen molar-refractivity contribution in [2.24, 2.45) is 34.5 Å². The number of hydrogen-bond donors (Lipinski definition) is 2. The van der Waals surface area contributed by atoms with E-state index in [0.29, 0.717) is 6.42 Å². The van der Waals surface area contributed by atoms with Crippen molar-refractivity contribution in [2.75, 3.05) is 34.1 Å². The molecule has 2 aliphatic heterocycles. The number of rotatable bonds is 3. The predicted molar refractivity (Wildman–Crippen MR) is 110 cm³/mol. The van der Waals surface area contributed by atoms with Crippen LogP contribution in [0.25, 0.3) is 0 Å². The zero-order valence-corrected chi connectivity index (χ0v) is 19.1. The molecule has 31 heavy (non-hydrogen) atoms. The summed E-state index contributed by atoms with van der Waals surface area (Å²) in [6.07, 6.45) is 2.51. The highest BCUT2D eigenvalue weighted by Crippen LogP contribution is 2.82. The van der Waals surface area contributed by atoms with Crippen LogP contribution in [0.5, 0.6) is 0 Å². The van der Waals surface area contributed by atoms with Crippen molar-refractivity contribution >= 4 is 0 Å². The first-order valence-electron chi connectivity index (χ1n) is 12.3. The molecule has 5 saturated carbocycles. The molecule has 7 heteroatoms. The second-order valence-corrected chi connectivity index (χ2v) is 11.9. The Bertz CT molecular complexity index is 811. The van der Waals surface area contributed by atoms with E-state index in [1.165, 1.54) is 0 Å². The van der Waals surface area contributed by atoms with Crippen LogP contribution in [0.1, 0.15) is 39.5 Å². The fourth-order valence-electron chi connectivity index (χ4n) is 11.2. The van der Waals surface area contributed by atoms with Crippen LogP contribution in [-0.4, -0.2) is 90.9 Å². The molecule has 7 rings (SSSR count). The van der Waals surface area contributed by atoms with Crippen LogP contribution in [0.3, 0.4) is 0 Å². The van der Waals surface area contributed by atoms with Gasteiger partial charge in [0.15, 0.2) is 0 Å². The van der Waals surface area contributed by atoms with Gasteiger partial charge in [0, 0.05) is 50.4 Å². The third kappa shape index (κ3) is 1.74. The molecule has 174 valence electrons. The monoisotopic (exact) mass is 435 g/mol. The lowest BCUT2D eigenvalue weighted by molar-refractivity contribution is -0.281. The molecule has 1 unspecified atom stereocenters. The van der Waals surface area contributed by atoms with Gasteiger partial charge in [0.05, 0.1) is 30.5 Å². The standard InChI is InChI=1S/C24H37NO6/c1-5-25-10-21(2)7-6-15(29-4)23-13-8-12-14(28-3)9-22(16(13)17(12)26)24(20(23)25,31-11-30-22)19(27)18(21)23/h12-20,26-27H,5-11H2,1-4H3/t12-,13-,14+,15+,16-,17+,18-,19+,20?,21+,22-,23+,24+/m1/s1. The number of hydrogen-bond acceptors (Lipinski definition) is 7. The van der Waals surface area contributed by atoms with Crippen molar-refractivity contribution in [1.82, 2.24) is 4.90 Å². The Morgan fingerprint density at radius 1 is 1.16 bits per heavy atom. The van der Waals surface area contributed by atoms with Gasteiger partial charge in [-0.2, -0.15) is 0 Å². The van der Waals surface area contributed by atoms with E-state index >= 15 is 0 Å². The molecule has 2 saturated heterocycles. The Hall–Kier alpha value is -0.280. The van der Waals surface area contributed by atoms with Crippen LogP contribution >= 0.6 is 0 Å². The first-order chi connectivity index (χ1) is 14.9. The van der Waals surface area contributed by atoms with Crippen LogP contribution in [0.15, 0.2) is 0 Å². The number of nitrogens with zero attached hydrogens (tertiary/aromatic N) is 1. The van der Waals surface area contributed by atoms with Gasteiger partial charge < -0.3 is 29.2 Å². The van der Waals surface area contributed by atoms with E-state index in [1.54, 1.807) is 7.11 Å². The average molecular weight is 436 g/mol. The van der Waals surface area contributed by atoms with Crippen molar-refractivity contribution in [1.29, 1.82) is 0 Å². The molecule has 5 aliphatic carbocycles.